The number of pyridine rings is 1. The predicted molar refractivity (Wildman–Crippen MR) is 61.8 cm³/mol. The molecule has 8 nitrogen and oxygen atoms in total. The number of tetrazole rings is 1. The minimum absolute atomic E-state index is 0.265. The number of ether oxygens (including phenoxy) is 1. The van der Waals surface area contributed by atoms with E-state index < -0.39 is 6.10 Å². The highest BCUT2D eigenvalue weighted by molar-refractivity contribution is 5.92. The van der Waals surface area contributed by atoms with Gasteiger partial charge in [-0.3, -0.25) is 15.1 Å². The van der Waals surface area contributed by atoms with Crippen molar-refractivity contribution < 1.29 is 9.53 Å². The van der Waals surface area contributed by atoms with Crippen LogP contribution in [0.1, 0.15) is 6.92 Å². The molecule has 2 rings (SSSR count). The van der Waals surface area contributed by atoms with E-state index in [9.17, 15) is 4.79 Å². The highest BCUT2D eigenvalue weighted by atomic mass is 16.5. The van der Waals surface area contributed by atoms with Gasteiger partial charge in [0.1, 0.15) is 5.75 Å². The summed E-state index contributed by atoms with van der Waals surface area (Å²) in [7, 11) is 1.63. The summed E-state index contributed by atoms with van der Waals surface area (Å²) in [6.45, 7) is 1.63. The Bertz CT molecular complexity index is 526. The molecular formula is C10H12N6O2. The summed E-state index contributed by atoms with van der Waals surface area (Å²) in [5, 5.41) is 13.2. The van der Waals surface area contributed by atoms with E-state index in [0.29, 0.717) is 5.75 Å². The number of carbonyl (C=O) groups excluding carboxylic acids is 1. The third-order valence-corrected chi connectivity index (χ3v) is 2.17. The maximum atomic E-state index is 11.8. The number of aromatic nitrogens is 5. The summed E-state index contributed by atoms with van der Waals surface area (Å²) in [4.78, 5) is 15.7. The molecule has 0 aromatic carbocycles. The van der Waals surface area contributed by atoms with Gasteiger partial charge in [-0.25, -0.2) is 4.68 Å². The largest absolute Gasteiger partial charge is 0.479 e. The molecule has 0 aliphatic heterocycles. The van der Waals surface area contributed by atoms with E-state index in [-0.39, 0.29) is 11.9 Å². The minimum Gasteiger partial charge on any atom is -0.479 e. The van der Waals surface area contributed by atoms with Crippen molar-refractivity contribution in [2.75, 3.05) is 5.32 Å². The van der Waals surface area contributed by atoms with E-state index in [1.165, 1.54) is 10.9 Å². The molecule has 94 valence electrons. The van der Waals surface area contributed by atoms with Crippen LogP contribution in [0.4, 0.5) is 5.95 Å². The normalized spacial score (nSPS) is 11.9. The van der Waals surface area contributed by atoms with Crippen molar-refractivity contribution >= 4 is 11.9 Å². The number of nitrogens with one attached hydrogen (secondary N) is 1. The fourth-order valence-corrected chi connectivity index (χ4v) is 1.22. The number of carbonyl (C=O) groups is 1. The molecule has 1 N–H and O–H groups in total. The van der Waals surface area contributed by atoms with E-state index in [1.54, 1.807) is 32.3 Å². The van der Waals surface area contributed by atoms with Crippen LogP contribution < -0.4 is 10.1 Å². The average Bonchev–Trinajstić information content (AvgIpc) is 2.76. The second-order valence-electron chi connectivity index (χ2n) is 3.56. The molecule has 0 aliphatic carbocycles. The number of amides is 1. The average molecular weight is 248 g/mol. The molecule has 1 unspecified atom stereocenters. The van der Waals surface area contributed by atoms with Gasteiger partial charge < -0.3 is 4.74 Å². The van der Waals surface area contributed by atoms with Crippen LogP contribution in [-0.2, 0) is 11.8 Å². The summed E-state index contributed by atoms with van der Waals surface area (Å²) < 4.78 is 6.77. The Balaban J connectivity index is 1.95. The van der Waals surface area contributed by atoms with Crippen molar-refractivity contribution in [2.24, 2.45) is 7.05 Å². The van der Waals surface area contributed by atoms with Gasteiger partial charge in [-0.2, -0.15) is 0 Å². The van der Waals surface area contributed by atoms with Gasteiger partial charge in [0, 0.05) is 13.2 Å². The predicted octanol–water partition coefficient (Wildman–Crippen LogP) is 0.0111. The lowest BCUT2D eigenvalue weighted by Crippen LogP contribution is -2.31. The molecule has 2 heterocycles. The summed E-state index contributed by atoms with van der Waals surface area (Å²) >= 11 is 0. The van der Waals surface area contributed by atoms with Gasteiger partial charge in [0.2, 0.25) is 5.95 Å². The van der Waals surface area contributed by atoms with Crippen molar-refractivity contribution in [3.05, 3.63) is 24.5 Å². The first kappa shape index (κ1) is 12.0. The molecule has 2 aromatic rings. The third-order valence-electron chi connectivity index (χ3n) is 2.17. The lowest BCUT2D eigenvalue weighted by atomic mass is 10.3. The SMILES string of the molecule is CC(Oc1cccnc1)C(=O)Nc1nnnn1C. The number of hydrogen-bond donors (Lipinski definition) is 1. The lowest BCUT2D eigenvalue weighted by molar-refractivity contribution is -0.122. The van der Waals surface area contributed by atoms with E-state index in [0.717, 1.165) is 0 Å². The number of rotatable bonds is 4. The summed E-state index contributed by atoms with van der Waals surface area (Å²) in [5.74, 6) is 0.453. The van der Waals surface area contributed by atoms with Crippen LogP contribution in [0.15, 0.2) is 24.5 Å². The van der Waals surface area contributed by atoms with Crippen LogP contribution in [0, 0.1) is 0 Å². The van der Waals surface area contributed by atoms with Gasteiger partial charge in [0.05, 0.1) is 6.20 Å². The Kier molecular flexibility index (Phi) is 3.46. The summed E-state index contributed by atoms with van der Waals surface area (Å²) in [6, 6.07) is 3.45. The highest BCUT2D eigenvalue weighted by Gasteiger charge is 2.17. The Morgan fingerprint density at radius 1 is 1.56 bits per heavy atom. The van der Waals surface area contributed by atoms with Crippen molar-refractivity contribution in [2.45, 2.75) is 13.0 Å². The van der Waals surface area contributed by atoms with E-state index in [2.05, 4.69) is 25.8 Å². The fraction of sp³-hybridized carbons (Fsp3) is 0.300. The second-order valence-corrected chi connectivity index (χ2v) is 3.56. The molecular weight excluding hydrogens is 236 g/mol. The molecule has 18 heavy (non-hydrogen) atoms. The number of anilines is 1. The number of aryl methyl sites for hydroxylation is 1. The second kappa shape index (κ2) is 5.21. The maximum Gasteiger partial charge on any atom is 0.267 e. The maximum absolute atomic E-state index is 11.8. The zero-order chi connectivity index (χ0) is 13.0. The van der Waals surface area contributed by atoms with Crippen LogP contribution in [0.25, 0.3) is 0 Å². The molecule has 0 saturated heterocycles. The first-order valence-electron chi connectivity index (χ1n) is 5.26. The topological polar surface area (TPSA) is 94.8 Å². The zero-order valence-electron chi connectivity index (χ0n) is 9.94. The highest BCUT2D eigenvalue weighted by Crippen LogP contribution is 2.09. The molecule has 0 bridgehead atoms. The molecule has 1 atom stereocenters. The molecule has 0 fully saturated rings. The Morgan fingerprint density at radius 2 is 2.39 bits per heavy atom. The minimum atomic E-state index is -0.675. The first-order valence-corrected chi connectivity index (χ1v) is 5.26. The lowest BCUT2D eigenvalue weighted by Gasteiger charge is -2.13. The Morgan fingerprint density at radius 3 is 3.00 bits per heavy atom. The van der Waals surface area contributed by atoms with Crippen LogP contribution in [-0.4, -0.2) is 37.2 Å². The van der Waals surface area contributed by atoms with E-state index in [1.807, 2.05) is 0 Å². The third kappa shape index (κ3) is 2.78. The fourth-order valence-electron chi connectivity index (χ4n) is 1.22. The van der Waals surface area contributed by atoms with E-state index >= 15 is 0 Å². The smallest absolute Gasteiger partial charge is 0.267 e. The quantitative estimate of drug-likeness (QED) is 0.819. The van der Waals surface area contributed by atoms with Crippen LogP contribution in [0.2, 0.25) is 0 Å². The number of hydrogen-bond acceptors (Lipinski definition) is 6. The first-order chi connectivity index (χ1) is 8.66. The van der Waals surface area contributed by atoms with Gasteiger partial charge in [0.15, 0.2) is 6.10 Å². The zero-order valence-corrected chi connectivity index (χ0v) is 9.94. The van der Waals surface area contributed by atoms with E-state index in [4.69, 9.17) is 4.74 Å². The van der Waals surface area contributed by atoms with Crippen molar-refractivity contribution in [1.82, 2.24) is 25.2 Å². The van der Waals surface area contributed by atoms with Gasteiger partial charge in [-0.1, -0.05) is 5.10 Å². The monoisotopic (exact) mass is 248 g/mol. The van der Waals surface area contributed by atoms with Gasteiger partial charge in [0.25, 0.3) is 5.91 Å². The molecule has 2 aromatic heterocycles. The van der Waals surface area contributed by atoms with Crippen LogP contribution >= 0.6 is 0 Å². The Labute approximate surface area is 103 Å². The Hall–Kier alpha value is -2.51. The van der Waals surface area contributed by atoms with Crippen molar-refractivity contribution in [1.29, 1.82) is 0 Å². The standard InChI is InChI=1S/C10H12N6O2/c1-7(18-8-4-3-5-11-6-8)9(17)12-10-13-14-15-16(10)2/h3-7H,1-2H3,(H,12,13,15,17). The van der Waals surface area contributed by atoms with Gasteiger partial charge >= 0.3 is 0 Å². The molecule has 0 saturated carbocycles. The summed E-state index contributed by atoms with van der Waals surface area (Å²) in [6.07, 6.45) is 2.49. The molecule has 0 spiro atoms. The molecule has 0 aliphatic rings. The van der Waals surface area contributed by atoms with Crippen LogP contribution in [0.3, 0.4) is 0 Å². The van der Waals surface area contributed by atoms with Crippen molar-refractivity contribution in [3.63, 3.8) is 0 Å². The summed E-state index contributed by atoms with van der Waals surface area (Å²) in [5.41, 5.74) is 0. The number of nitrogens with zero attached hydrogens (tertiary/aromatic N) is 5. The van der Waals surface area contributed by atoms with Crippen molar-refractivity contribution in [3.8, 4) is 5.75 Å². The molecule has 0 radical (unpaired) electrons. The van der Waals surface area contributed by atoms with Gasteiger partial charge in [-0.15, -0.1) is 0 Å². The molecule has 8 heteroatoms. The molecule has 1 amide bonds. The van der Waals surface area contributed by atoms with Gasteiger partial charge in [-0.05, 0) is 29.5 Å². The van der Waals surface area contributed by atoms with Crippen LogP contribution in [0.5, 0.6) is 5.75 Å².